The summed E-state index contributed by atoms with van der Waals surface area (Å²) in [5, 5.41) is 0.853. The minimum absolute atomic E-state index is 0.0229. The molecular formula is C19H18N2O4. The highest BCUT2D eigenvalue weighted by atomic mass is 16.5. The number of nitrogens with zero attached hydrogens (tertiary/aromatic N) is 2. The number of benzene rings is 1. The second kappa shape index (κ2) is 6.47. The van der Waals surface area contributed by atoms with Gasteiger partial charge in [-0.15, -0.1) is 0 Å². The number of fused-ring (bicyclic) bond motifs is 1. The number of pyridine rings is 1. The van der Waals surface area contributed by atoms with Crippen LogP contribution in [-0.4, -0.2) is 42.1 Å². The number of rotatable bonds is 4. The Hall–Kier alpha value is -3.02. The molecule has 3 aromatic rings. The molecular weight excluding hydrogens is 320 g/mol. The first kappa shape index (κ1) is 15.5. The lowest BCUT2D eigenvalue weighted by molar-refractivity contribution is 0.0743. The summed E-state index contributed by atoms with van der Waals surface area (Å²) in [4.78, 5) is 18.5. The third kappa shape index (κ3) is 3.03. The van der Waals surface area contributed by atoms with Crippen LogP contribution < -0.4 is 9.47 Å². The quantitative estimate of drug-likeness (QED) is 0.731. The molecule has 0 aliphatic carbocycles. The molecule has 0 unspecified atom stereocenters. The van der Waals surface area contributed by atoms with Crippen molar-refractivity contribution in [3.63, 3.8) is 0 Å². The van der Waals surface area contributed by atoms with Crippen LogP contribution in [0.2, 0.25) is 0 Å². The van der Waals surface area contributed by atoms with Crippen LogP contribution >= 0.6 is 0 Å². The molecule has 0 spiro atoms. The summed E-state index contributed by atoms with van der Waals surface area (Å²) >= 11 is 0. The Kier molecular flexibility index (Phi) is 4.01. The van der Waals surface area contributed by atoms with E-state index in [0.29, 0.717) is 30.2 Å². The van der Waals surface area contributed by atoms with Crippen LogP contribution in [0.4, 0.5) is 0 Å². The minimum Gasteiger partial charge on any atom is -0.493 e. The zero-order valence-electron chi connectivity index (χ0n) is 13.8. The van der Waals surface area contributed by atoms with Crippen molar-refractivity contribution in [1.29, 1.82) is 0 Å². The molecule has 3 heterocycles. The van der Waals surface area contributed by atoms with E-state index in [2.05, 4.69) is 4.98 Å². The number of methoxy groups -OCH3 is 1. The summed E-state index contributed by atoms with van der Waals surface area (Å²) in [6, 6.07) is 11.0. The molecule has 1 saturated heterocycles. The predicted molar refractivity (Wildman–Crippen MR) is 91.9 cm³/mol. The van der Waals surface area contributed by atoms with Crippen molar-refractivity contribution in [2.45, 2.75) is 12.5 Å². The molecule has 2 aromatic heterocycles. The van der Waals surface area contributed by atoms with Crippen LogP contribution in [-0.2, 0) is 0 Å². The molecule has 128 valence electrons. The third-order valence-corrected chi connectivity index (χ3v) is 4.32. The van der Waals surface area contributed by atoms with Crippen LogP contribution in [0.5, 0.6) is 11.5 Å². The monoisotopic (exact) mass is 338 g/mol. The van der Waals surface area contributed by atoms with E-state index < -0.39 is 0 Å². The van der Waals surface area contributed by atoms with Crippen LogP contribution in [0.15, 0.2) is 53.2 Å². The average molecular weight is 338 g/mol. The molecule has 25 heavy (non-hydrogen) atoms. The fourth-order valence-electron chi connectivity index (χ4n) is 3.08. The fourth-order valence-corrected chi connectivity index (χ4v) is 3.08. The van der Waals surface area contributed by atoms with E-state index in [-0.39, 0.29) is 12.0 Å². The van der Waals surface area contributed by atoms with Gasteiger partial charge < -0.3 is 18.8 Å². The van der Waals surface area contributed by atoms with E-state index in [0.717, 1.165) is 17.6 Å². The van der Waals surface area contributed by atoms with Gasteiger partial charge in [0.05, 0.1) is 13.7 Å². The number of hydrogen-bond acceptors (Lipinski definition) is 5. The Morgan fingerprint density at radius 2 is 2.12 bits per heavy atom. The lowest BCUT2D eigenvalue weighted by Gasteiger charge is -2.16. The molecule has 0 saturated carbocycles. The highest BCUT2D eigenvalue weighted by molar-refractivity contribution is 5.97. The second-order valence-corrected chi connectivity index (χ2v) is 5.95. The van der Waals surface area contributed by atoms with Gasteiger partial charge >= 0.3 is 0 Å². The van der Waals surface area contributed by atoms with Crippen LogP contribution in [0.1, 0.15) is 17.0 Å². The van der Waals surface area contributed by atoms with Gasteiger partial charge in [-0.2, -0.15) is 0 Å². The fraction of sp³-hybridized carbons (Fsp3) is 0.263. The van der Waals surface area contributed by atoms with Crippen molar-refractivity contribution in [2.24, 2.45) is 0 Å². The Bertz CT molecular complexity index is 891. The molecule has 1 aliphatic heterocycles. The standard InChI is InChI=1S/C19H18N2O4/c1-23-16-4-2-3-13-11-17(25-18(13)16)19(22)21-10-7-15(12-21)24-14-5-8-20-9-6-14/h2-6,8-9,11,15H,7,10,12H2,1H3/t15-/m0/s1. The molecule has 1 aromatic carbocycles. The van der Waals surface area contributed by atoms with Crippen molar-refractivity contribution in [3.05, 3.63) is 54.6 Å². The van der Waals surface area contributed by atoms with Gasteiger partial charge in [-0.3, -0.25) is 9.78 Å². The molecule has 0 radical (unpaired) electrons. The maximum absolute atomic E-state index is 12.7. The molecule has 1 fully saturated rings. The number of amides is 1. The first-order valence-electron chi connectivity index (χ1n) is 8.17. The Morgan fingerprint density at radius 3 is 2.92 bits per heavy atom. The molecule has 1 atom stereocenters. The van der Waals surface area contributed by atoms with E-state index in [9.17, 15) is 4.79 Å². The van der Waals surface area contributed by atoms with E-state index in [4.69, 9.17) is 13.9 Å². The average Bonchev–Trinajstić information content (AvgIpc) is 3.28. The maximum atomic E-state index is 12.7. The highest BCUT2D eigenvalue weighted by Gasteiger charge is 2.30. The summed E-state index contributed by atoms with van der Waals surface area (Å²) in [5.74, 6) is 1.59. The van der Waals surface area contributed by atoms with Gasteiger partial charge in [-0.05, 0) is 24.3 Å². The molecule has 6 nitrogen and oxygen atoms in total. The van der Waals surface area contributed by atoms with Crippen LogP contribution in [0.25, 0.3) is 11.0 Å². The van der Waals surface area contributed by atoms with E-state index in [1.807, 2.05) is 30.3 Å². The third-order valence-electron chi connectivity index (χ3n) is 4.32. The van der Waals surface area contributed by atoms with E-state index >= 15 is 0 Å². The number of carbonyl (C=O) groups excluding carboxylic acids is 1. The molecule has 4 rings (SSSR count). The summed E-state index contributed by atoms with van der Waals surface area (Å²) < 4.78 is 16.9. The second-order valence-electron chi connectivity index (χ2n) is 5.95. The molecule has 0 bridgehead atoms. The highest BCUT2D eigenvalue weighted by Crippen LogP contribution is 2.29. The Balaban J connectivity index is 1.48. The number of aromatic nitrogens is 1. The van der Waals surface area contributed by atoms with Crippen molar-refractivity contribution in [1.82, 2.24) is 9.88 Å². The van der Waals surface area contributed by atoms with E-state index in [1.165, 1.54) is 0 Å². The first-order valence-corrected chi connectivity index (χ1v) is 8.17. The Labute approximate surface area is 145 Å². The van der Waals surface area contributed by atoms with Crippen LogP contribution in [0, 0.1) is 0 Å². The first-order chi connectivity index (χ1) is 12.2. The molecule has 6 heteroatoms. The van der Waals surface area contributed by atoms with Gasteiger partial charge in [-0.25, -0.2) is 0 Å². The molecule has 1 amide bonds. The number of para-hydroxylation sites is 1. The topological polar surface area (TPSA) is 64.8 Å². The van der Waals surface area contributed by atoms with Crippen molar-refractivity contribution in [2.75, 3.05) is 20.2 Å². The smallest absolute Gasteiger partial charge is 0.289 e. The van der Waals surface area contributed by atoms with Gasteiger partial charge in [0.2, 0.25) is 0 Å². The van der Waals surface area contributed by atoms with Gasteiger partial charge in [0.15, 0.2) is 17.1 Å². The van der Waals surface area contributed by atoms with Gasteiger partial charge in [-0.1, -0.05) is 12.1 Å². The number of furan rings is 1. The lowest BCUT2D eigenvalue weighted by Crippen LogP contribution is -2.30. The molecule has 1 aliphatic rings. The largest absolute Gasteiger partial charge is 0.493 e. The number of ether oxygens (including phenoxy) is 2. The lowest BCUT2D eigenvalue weighted by atomic mass is 10.2. The summed E-state index contributed by atoms with van der Waals surface area (Å²) in [5.41, 5.74) is 0.595. The summed E-state index contributed by atoms with van der Waals surface area (Å²) in [6.07, 6.45) is 4.15. The summed E-state index contributed by atoms with van der Waals surface area (Å²) in [7, 11) is 1.58. The predicted octanol–water partition coefficient (Wildman–Crippen LogP) is 3.13. The van der Waals surface area contributed by atoms with Gasteiger partial charge in [0.1, 0.15) is 11.9 Å². The van der Waals surface area contributed by atoms with Crippen molar-refractivity contribution < 1.29 is 18.7 Å². The summed E-state index contributed by atoms with van der Waals surface area (Å²) in [6.45, 7) is 1.18. The zero-order valence-corrected chi connectivity index (χ0v) is 13.8. The maximum Gasteiger partial charge on any atom is 0.289 e. The Morgan fingerprint density at radius 1 is 1.28 bits per heavy atom. The number of carbonyl (C=O) groups is 1. The molecule has 0 N–H and O–H groups in total. The van der Waals surface area contributed by atoms with Gasteiger partial charge in [0, 0.05) is 30.7 Å². The SMILES string of the molecule is COc1cccc2cc(C(=O)N3CC[C@H](Oc4ccncc4)C3)oc12. The van der Waals surface area contributed by atoms with Crippen molar-refractivity contribution >= 4 is 16.9 Å². The van der Waals surface area contributed by atoms with Crippen LogP contribution in [0.3, 0.4) is 0 Å². The van der Waals surface area contributed by atoms with E-state index in [1.54, 1.807) is 30.5 Å². The van der Waals surface area contributed by atoms with Gasteiger partial charge in [0.25, 0.3) is 5.91 Å². The van der Waals surface area contributed by atoms with Crippen molar-refractivity contribution in [3.8, 4) is 11.5 Å². The number of hydrogen-bond donors (Lipinski definition) is 0. The number of likely N-dealkylation sites (tertiary alicyclic amines) is 1. The zero-order chi connectivity index (χ0) is 17.2. The minimum atomic E-state index is -0.126. The normalized spacial score (nSPS) is 17.0.